The van der Waals surface area contributed by atoms with Gasteiger partial charge in [-0.05, 0) is 85.9 Å². The smallest absolute Gasteiger partial charge is 0.272 e. The van der Waals surface area contributed by atoms with Crippen LogP contribution in [-0.4, -0.2) is 61.7 Å². The van der Waals surface area contributed by atoms with Crippen molar-refractivity contribution in [2.24, 2.45) is 5.92 Å². The Labute approximate surface area is 279 Å². The SMILES string of the molecule is Cc1cc(S(=O)(=O)N2c3ccccc3NC(=O)[C@H]2CC(=O)NCCC2CCN(C(=O)c3cc4ccccc4cn3)CC2)c(C)cc1Cl. The normalized spacial score (nSPS) is 16.9. The highest BCUT2D eigenvalue weighted by molar-refractivity contribution is 7.93. The van der Waals surface area contributed by atoms with Crippen LogP contribution in [-0.2, 0) is 19.6 Å². The lowest BCUT2D eigenvalue weighted by Gasteiger charge is -2.37. The van der Waals surface area contributed by atoms with Gasteiger partial charge in [0.05, 0.1) is 22.7 Å². The first-order valence-corrected chi connectivity index (χ1v) is 17.5. The number of aryl methyl sites for hydroxylation is 2. The summed E-state index contributed by atoms with van der Waals surface area (Å²) in [5.41, 5.74) is 2.09. The molecule has 3 heterocycles. The van der Waals surface area contributed by atoms with Crippen molar-refractivity contribution in [2.75, 3.05) is 29.3 Å². The fraction of sp³-hybridized carbons (Fsp3) is 0.314. The molecule has 0 saturated carbocycles. The minimum Gasteiger partial charge on any atom is -0.356 e. The van der Waals surface area contributed by atoms with Gasteiger partial charge in [0.2, 0.25) is 11.8 Å². The van der Waals surface area contributed by atoms with Gasteiger partial charge in [0, 0.05) is 36.2 Å². The number of carbonyl (C=O) groups is 3. The molecule has 3 aromatic carbocycles. The maximum atomic E-state index is 14.2. The lowest BCUT2D eigenvalue weighted by Crippen LogP contribution is -2.53. The second kappa shape index (κ2) is 13.3. The van der Waals surface area contributed by atoms with Crippen molar-refractivity contribution in [3.05, 3.63) is 94.8 Å². The second-order valence-corrected chi connectivity index (χ2v) is 14.4. The number of nitrogens with zero attached hydrogens (tertiary/aromatic N) is 3. The third-order valence-electron chi connectivity index (χ3n) is 8.98. The van der Waals surface area contributed by atoms with Crippen molar-refractivity contribution >= 4 is 61.5 Å². The van der Waals surface area contributed by atoms with Crippen LogP contribution >= 0.6 is 11.6 Å². The molecular formula is C35H36ClN5O5S. The van der Waals surface area contributed by atoms with Gasteiger partial charge in [-0.3, -0.25) is 23.7 Å². The highest BCUT2D eigenvalue weighted by Gasteiger charge is 2.42. The molecule has 4 aromatic rings. The lowest BCUT2D eigenvalue weighted by molar-refractivity contribution is -0.125. The fourth-order valence-corrected chi connectivity index (χ4v) is 8.47. The lowest BCUT2D eigenvalue weighted by atomic mass is 9.93. The van der Waals surface area contributed by atoms with Crippen molar-refractivity contribution in [2.45, 2.75) is 50.5 Å². The molecule has 2 aliphatic rings. The molecule has 1 fully saturated rings. The minimum atomic E-state index is -4.26. The molecule has 0 spiro atoms. The van der Waals surface area contributed by atoms with E-state index < -0.39 is 27.9 Å². The number of benzene rings is 3. The van der Waals surface area contributed by atoms with Gasteiger partial charge in [-0.25, -0.2) is 8.42 Å². The molecule has 1 aromatic heterocycles. The van der Waals surface area contributed by atoms with Gasteiger partial charge in [-0.1, -0.05) is 48.0 Å². The number of amides is 3. The number of fused-ring (bicyclic) bond motifs is 2. The Bertz CT molecular complexity index is 1980. The Morgan fingerprint density at radius 2 is 1.68 bits per heavy atom. The van der Waals surface area contributed by atoms with E-state index in [-0.39, 0.29) is 22.9 Å². The average molecular weight is 674 g/mol. The summed E-state index contributed by atoms with van der Waals surface area (Å²) in [4.78, 5) is 45.8. The molecule has 244 valence electrons. The van der Waals surface area contributed by atoms with Crippen LogP contribution in [0.4, 0.5) is 11.4 Å². The van der Waals surface area contributed by atoms with Crippen LogP contribution in [0.5, 0.6) is 0 Å². The van der Waals surface area contributed by atoms with Crippen LogP contribution in [0.2, 0.25) is 5.02 Å². The number of hydrogen-bond acceptors (Lipinski definition) is 6. The minimum absolute atomic E-state index is 0.0236. The van der Waals surface area contributed by atoms with Crippen LogP contribution in [0.1, 0.15) is 47.3 Å². The van der Waals surface area contributed by atoms with Crippen LogP contribution in [0.15, 0.2) is 77.8 Å². The standard InChI is InChI=1S/C35H36ClN5O5S/c1-22-18-32(23(2)17-27(22)36)47(45,46)41-30-10-6-5-9-28(30)39-34(43)31(41)20-33(42)37-14-11-24-12-15-40(16-13-24)35(44)29-19-25-7-3-4-8-26(25)21-38-29/h3-10,17-19,21,24,31H,11-16,20H2,1-2H3,(H,37,42)(H,39,43)/t31-/m1/s1. The number of para-hydroxylation sites is 2. The highest BCUT2D eigenvalue weighted by Crippen LogP contribution is 2.38. The first-order chi connectivity index (χ1) is 22.5. The van der Waals surface area contributed by atoms with Crippen LogP contribution in [0.25, 0.3) is 10.8 Å². The zero-order chi connectivity index (χ0) is 33.3. The number of sulfonamides is 1. The third kappa shape index (κ3) is 6.68. The molecule has 1 saturated heterocycles. The molecule has 10 nitrogen and oxygen atoms in total. The van der Waals surface area contributed by atoms with E-state index in [9.17, 15) is 22.8 Å². The fourth-order valence-electron chi connectivity index (χ4n) is 6.32. The van der Waals surface area contributed by atoms with Crippen molar-refractivity contribution in [3.63, 3.8) is 0 Å². The summed E-state index contributed by atoms with van der Waals surface area (Å²) in [6.07, 6.45) is 3.66. The van der Waals surface area contributed by atoms with E-state index in [1.807, 2.05) is 35.2 Å². The number of piperidine rings is 1. The van der Waals surface area contributed by atoms with Crippen molar-refractivity contribution in [1.29, 1.82) is 0 Å². The number of aromatic nitrogens is 1. The Morgan fingerprint density at radius 1 is 0.979 bits per heavy atom. The van der Waals surface area contributed by atoms with Crippen LogP contribution in [0, 0.1) is 19.8 Å². The maximum absolute atomic E-state index is 14.2. The summed E-state index contributed by atoms with van der Waals surface area (Å²) >= 11 is 6.25. The van der Waals surface area contributed by atoms with E-state index in [1.165, 1.54) is 6.07 Å². The van der Waals surface area contributed by atoms with E-state index >= 15 is 0 Å². The Balaban J connectivity index is 1.08. The number of pyridine rings is 1. The molecular weight excluding hydrogens is 638 g/mol. The zero-order valence-electron chi connectivity index (χ0n) is 26.2. The van der Waals surface area contributed by atoms with Crippen LogP contribution < -0.4 is 14.9 Å². The van der Waals surface area contributed by atoms with Gasteiger partial charge in [-0.15, -0.1) is 0 Å². The molecule has 3 amide bonds. The number of likely N-dealkylation sites (tertiary alicyclic amines) is 1. The Kier molecular flexibility index (Phi) is 9.20. The number of halogens is 1. The number of carbonyl (C=O) groups excluding carboxylic acids is 3. The van der Waals surface area contributed by atoms with E-state index in [0.717, 1.165) is 27.9 Å². The Morgan fingerprint density at radius 3 is 2.45 bits per heavy atom. The number of anilines is 2. The topological polar surface area (TPSA) is 129 Å². The van der Waals surface area contributed by atoms with Gasteiger partial charge >= 0.3 is 0 Å². The molecule has 0 radical (unpaired) electrons. The number of nitrogens with one attached hydrogen (secondary N) is 2. The van der Waals surface area contributed by atoms with E-state index in [2.05, 4.69) is 15.6 Å². The average Bonchev–Trinajstić information content (AvgIpc) is 3.06. The summed E-state index contributed by atoms with van der Waals surface area (Å²) < 4.78 is 29.4. The Hall–Kier alpha value is -4.48. The largest absolute Gasteiger partial charge is 0.356 e. The summed E-state index contributed by atoms with van der Waals surface area (Å²) in [5.74, 6) is -0.785. The van der Waals surface area contributed by atoms with Gasteiger partial charge in [0.25, 0.3) is 15.9 Å². The van der Waals surface area contributed by atoms with Crippen molar-refractivity contribution in [1.82, 2.24) is 15.2 Å². The molecule has 12 heteroatoms. The molecule has 0 aliphatic carbocycles. The molecule has 6 rings (SSSR count). The summed E-state index contributed by atoms with van der Waals surface area (Å²) in [6, 6.07) is 18.1. The molecule has 2 aliphatic heterocycles. The number of rotatable bonds is 8. The first-order valence-electron chi connectivity index (χ1n) is 15.6. The van der Waals surface area contributed by atoms with E-state index in [4.69, 9.17) is 11.6 Å². The molecule has 0 unspecified atom stereocenters. The highest BCUT2D eigenvalue weighted by atomic mass is 35.5. The van der Waals surface area contributed by atoms with Crippen molar-refractivity contribution in [3.8, 4) is 0 Å². The predicted octanol–water partition coefficient (Wildman–Crippen LogP) is 5.47. The predicted molar refractivity (Wildman–Crippen MR) is 182 cm³/mol. The molecule has 1 atom stereocenters. The summed E-state index contributed by atoms with van der Waals surface area (Å²) in [7, 11) is -4.26. The maximum Gasteiger partial charge on any atom is 0.272 e. The summed E-state index contributed by atoms with van der Waals surface area (Å²) in [6.45, 7) is 4.94. The molecule has 47 heavy (non-hydrogen) atoms. The van der Waals surface area contributed by atoms with Gasteiger partial charge < -0.3 is 15.5 Å². The van der Waals surface area contributed by atoms with E-state index in [0.29, 0.717) is 59.5 Å². The van der Waals surface area contributed by atoms with E-state index in [1.54, 1.807) is 50.4 Å². The third-order valence-corrected chi connectivity index (χ3v) is 11.4. The zero-order valence-corrected chi connectivity index (χ0v) is 27.8. The van der Waals surface area contributed by atoms with Crippen LogP contribution in [0.3, 0.4) is 0 Å². The molecule has 2 N–H and O–H groups in total. The van der Waals surface area contributed by atoms with Gasteiger partial charge in [-0.2, -0.15) is 0 Å². The monoisotopic (exact) mass is 673 g/mol. The van der Waals surface area contributed by atoms with Gasteiger partial charge in [0.15, 0.2) is 0 Å². The quantitative estimate of drug-likeness (QED) is 0.255. The first kappa shape index (κ1) is 32.5. The molecule has 0 bridgehead atoms. The second-order valence-electron chi connectivity index (χ2n) is 12.2. The summed E-state index contributed by atoms with van der Waals surface area (Å²) in [5, 5.41) is 8.05. The van der Waals surface area contributed by atoms with Gasteiger partial charge in [0.1, 0.15) is 11.7 Å². The number of hydrogen-bond donors (Lipinski definition) is 2. The van der Waals surface area contributed by atoms with Crippen molar-refractivity contribution < 1.29 is 22.8 Å².